The van der Waals surface area contributed by atoms with Crippen molar-refractivity contribution in [2.45, 2.75) is 45.1 Å². The molecule has 1 saturated carbocycles. The zero-order valence-electron chi connectivity index (χ0n) is 11.4. The normalized spacial score (nSPS) is 23.1. The average Bonchev–Trinajstić information content (AvgIpc) is 2.46. The van der Waals surface area contributed by atoms with Crippen LogP contribution in [0.1, 0.15) is 38.4 Å². The molecule has 0 unspecified atom stereocenters. The number of nitrogens with two attached hydrogens (primary N) is 1. The number of nitrogen functional groups attached to an aromatic ring is 1. The van der Waals surface area contributed by atoms with E-state index in [4.69, 9.17) is 5.84 Å². The van der Waals surface area contributed by atoms with Crippen LogP contribution in [0.15, 0.2) is 6.07 Å². The molecule has 1 fully saturated rings. The predicted octanol–water partition coefficient (Wildman–Crippen LogP) is 1.29. The second-order valence-electron chi connectivity index (χ2n) is 5.11. The fourth-order valence-corrected chi connectivity index (χ4v) is 2.42. The molecule has 0 spiro atoms. The molecule has 0 atom stereocenters. The van der Waals surface area contributed by atoms with Gasteiger partial charge in [0.15, 0.2) is 0 Å². The van der Waals surface area contributed by atoms with Crippen molar-refractivity contribution in [1.82, 2.24) is 9.97 Å². The van der Waals surface area contributed by atoms with Crippen molar-refractivity contribution in [3.63, 3.8) is 0 Å². The molecule has 1 heterocycles. The van der Waals surface area contributed by atoms with Crippen LogP contribution in [-0.4, -0.2) is 27.7 Å². The van der Waals surface area contributed by atoms with Gasteiger partial charge in [-0.05, 0) is 31.6 Å². The monoisotopic (exact) mass is 265 g/mol. The van der Waals surface area contributed by atoms with E-state index in [1.54, 1.807) is 0 Å². The Hall–Kier alpha value is -1.40. The van der Waals surface area contributed by atoms with Gasteiger partial charge in [-0.3, -0.25) is 0 Å². The van der Waals surface area contributed by atoms with Crippen molar-refractivity contribution in [2.75, 3.05) is 17.3 Å². The Balaban J connectivity index is 1.91. The maximum absolute atomic E-state index is 9.49. The summed E-state index contributed by atoms with van der Waals surface area (Å²) in [6.07, 6.45) is 4.64. The van der Waals surface area contributed by atoms with Gasteiger partial charge in [0.05, 0.1) is 6.10 Å². The molecule has 1 aromatic heterocycles. The molecular weight excluding hydrogens is 242 g/mol. The third-order valence-electron chi connectivity index (χ3n) is 3.62. The van der Waals surface area contributed by atoms with Gasteiger partial charge in [-0.2, -0.15) is 0 Å². The van der Waals surface area contributed by atoms with Gasteiger partial charge >= 0.3 is 0 Å². The van der Waals surface area contributed by atoms with Crippen molar-refractivity contribution in [2.24, 2.45) is 11.8 Å². The van der Waals surface area contributed by atoms with Crippen LogP contribution in [0.25, 0.3) is 0 Å². The molecule has 5 N–H and O–H groups in total. The standard InChI is InChI=1S/C13H23N5O/c1-2-11-16-12(7-13(17-11)18-14)15-8-9-3-5-10(19)6-4-9/h7,9-10,19H,2-6,8,14H2,1H3,(H2,15,16,17,18). The summed E-state index contributed by atoms with van der Waals surface area (Å²) in [5, 5.41) is 12.8. The first-order valence-electron chi connectivity index (χ1n) is 6.97. The number of nitrogens with zero attached hydrogens (tertiary/aromatic N) is 2. The second kappa shape index (κ2) is 6.68. The van der Waals surface area contributed by atoms with Crippen LogP contribution in [0.2, 0.25) is 0 Å². The lowest BCUT2D eigenvalue weighted by Gasteiger charge is -2.25. The van der Waals surface area contributed by atoms with Crippen molar-refractivity contribution < 1.29 is 5.11 Å². The topological polar surface area (TPSA) is 96.1 Å². The number of aliphatic hydroxyl groups excluding tert-OH is 1. The van der Waals surface area contributed by atoms with Crippen molar-refractivity contribution in [3.05, 3.63) is 11.9 Å². The van der Waals surface area contributed by atoms with E-state index < -0.39 is 0 Å². The highest BCUT2D eigenvalue weighted by molar-refractivity contribution is 5.46. The van der Waals surface area contributed by atoms with Gasteiger partial charge < -0.3 is 15.8 Å². The number of aromatic nitrogens is 2. The molecule has 0 bridgehead atoms. The van der Waals surface area contributed by atoms with E-state index in [-0.39, 0.29) is 6.10 Å². The molecule has 19 heavy (non-hydrogen) atoms. The van der Waals surface area contributed by atoms with E-state index in [2.05, 4.69) is 20.7 Å². The Morgan fingerprint density at radius 3 is 2.58 bits per heavy atom. The Bertz CT molecular complexity index is 382. The van der Waals surface area contributed by atoms with E-state index in [0.717, 1.165) is 50.3 Å². The molecule has 106 valence electrons. The minimum absolute atomic E-state index is 0.102. The van der Waals surface area contributed by atoms with Crippen LogP contribution in [-0.2, 0) is 6.42 Å². The fraction of sp³-hybridized carbons (Fsp3) is 0.692. The van der Waals surface area contributed by atoms with Crippen LogP contribution in [0.4, 0.5) is 11.6 Å². The van der Waals surface area contributed by atoms with E-state index in [0.29, 0.717) is 11.7 Å². The molecule has 0 aromatic carbocycles. The summed E-state index contributed by atoms with van der Waals surface area (Å²) in [6.45, 7) is 2.90. The van der Waals surface area contributed by atoms with Gasteiger partial charge in [0.2, 0.25) is 0 Å². The van der Waals surface area contributed by atoms with E-state index in [1.165, 1.54) is 0 Å². The Kier molecular flexibility index (Phi) is 4.93. The van der Waals surface area contributed by atoms with Gasteiger partial charge in [-0.25, -0.2) is 15.8 Å². The number of nitrogens with one attached hydrogen (secondary N) is 2. The summed E-state index contributed by atoms with van der Waals surface area (Å²) in [6, 6.07) is 1.82. The highest BCUT2D eigenvalue weighted by atomic mass is 16.3. The average molecular weight is 265 g/mol. The maximum atomic E-state index is 9.49. The van der Waals surface area contributed by atoms with Crippen LogP contribution in [0.3, 0.4) is 0 Å². The minimum Gasteiger partial charge on any atom is -0.393 e. The molecular formula is C13H23N5O. The zero-order valence-corrected chi connectivity index (χ0v) is 11.4. The molecule has 0 saturated heterocycles. The molecule has 2 rings (SSSR count). The molecule has 6 nitrogen and oxygen atoms in total. The summed E-state index contributed by atoms with van der Waals surface area (Å²) in [7, 11) is 0. The van der Waals surface area contributed by atoms with E-state index in [9.17, 15) is 5.11 Å². The second-order valence-corrected chi connectivity index (χ2v) is 5.11. The lowest BCUT2D eigenvalue weighted by molar-refractivity contribution is 0.111. The lowest BCUT2D eigenvalue weighted by Crippen LogP contribution is -2.24. The molecule has 1 aromatic rings. The summed E-state index contributed by atoms with van der Waals surface area (Å²) < 4.78 is 0. The quantitative estimate of drug-likeness (QED) is 0.473. The first-order valence-corrected chi connectivity index (χ1v) is 6.97. The molecule has 0 aliphatic heterocycles. The third kappa shape index (κ3) is 4.04. The summed E-state index contributed by atoms with van der Waals surface area (Å²) in [5.74, 6) is 8.23. The Morgan fingerprint density at radius 1 is 1.26 bits per heavy atom. The number of hydrogen-bond acceptors (Lipinski definition) is 6. The fourth-order valence-electron chi connectivity index (χ4n) is 2.42. The van der Waals surface area contributed by atoms with Crippen LogP contribution in [0, 0.1) is 5.92 Å². The van der Waals surface area contributed by atoms with Gasteiger partial charge in [0.25, 0.3) is 0 Å². The number of hydrogen-bond donors (Lipinski definition) is 4. The Labute approximate surface area is 113 Å². The number of hydrazine groups is 1. The summed E-state index contributed by atoms with van der Waals surface area (Å²) in [4.78, 5) is 8.69. The van der Waals surface area contributed by atoms with Crippen LogP contribution in [0.5, 0.6) is 0 Å². The van der Waals surface area contributed by atoms with Gasteiger partial charge in [-0.1, -0.05) is 6.92 Å². The Morgan fingerprint density at radius 2 is 1.95 bits per heavy atom. The van der Waals surface area contributed by atoms with Gasteiger partial charge in [0.1, 0.15) is 17.5 Å². The number of anilines is 2. The minimum atomic E-state index is -0.102. The maximum Gasteiger partial charge on any atom is 0.145 e. The predicted molar refractivity (Wildman–Crippen MR) is 75.7 cm³/mol. The third-order valence-corrected chi connectivity index (χ3v) is 3.62. The largest absolute Gasteiger partial charge is 0.393 e. The lowest BCUT2D eigenvalue weighted by atomic mass is 9.87. The summed E-state index contributed by atoms with van der Waals surface area (Å²) >= 11 is 0. The highest BCUT2D eigenvalue weighted by Gasteiger charge is 2.19. The number of aryl methyl sites for hydroxylation is 1. The zero-order chi connectivity index (χ0) is 13.7. The molecule has 0 amide bonds. The van der Waals surface area contributed by atoms with Gasteiger partial charge in [0, 0.05) is 19.0 Å². The molecule has 0 radical (unpaired) electrons. The smallest absolute Gasteiger partial charge is 0.145 e. The first-order chi connectivity index (χ1) is 9.21. The molecule has 6 heteroatoms. The van der Waals surface area contributed by atoms with E-state index in [1.807, 2.05) is 13.0 Å². The number of rotatable bonds is 5. The van der Waals surface area contributed by atoms with Crippen molar-refractivity contribution in [1.29, 1.82) is 0 Å². The summed E-state index contributed by atoms with van der Waals surface area (Å²) in [5.41, 5.74) is 2.56. The van der Waals surface area contributed by atoms with Crippen molar-refractivity contribution >= 4 is 11.6 Å². The SMILES string of the molecule is CCc1nc(NN)cc(NCC2CCC(O)CC2)n1. The van der Waals surface area contributed by atoms with E-state index >= 15 is 0 Å². The highest BCUT2D eigenvalue weighted by Crippen LogP contribution is 2.24. The number of aliphatic hydroxyl groups is 1. The van der Waals surface area contributed by atoms with Gasteiger partial charge in [-0.15, -0.1) is 0 Å². The first kappa shape index (κ1) is 14.0. The molecule has 1 aliphatic carbocycles. The molecule has 1 aliphatic rings. The van der Waals surface area contributed by atoms with Crippen molar-refractivity contribution in [3.8, 4) is 0 Å². The van der Waals surface area contributed by atoms with Crippen LogP contribution < -0.4 is 16.6 Å². The van der Waals surface area contributed by atoms with Crippen LogP contribution >= 0.6 is 0 Å².